The van der Waals surface area contributed by atoms with E-state index in [-0.39, 0.29) is 0 Å². The molecule has 2 aromatic heterocycles. The van der Waals surface area contributed by atoms with Gasteiger partial charge in [0.05, 0.1) is 22.2 Å². The monoisotopic (exact) mass is 502 g/mol. The lowest BCUT2D eigenvalue weighted by Gasteiger charge is -2.14. The lowest BCUT2D eigenvalue weighted by atomic mass is 10.1. The van der Waals surface area contributed by atoms with Crippen molar-refractivity contribution in [2.75, 3.05) is 0 Å². The summed E-state index contributed by atoms with van der Waals surface area (Å²) in [5.74, 6) is 0. The Morgan fingerprint density at radius 2 is 1.18 bits per heavy atom. The van der Waals surface area contributed by atoms with Gasteiger partial charge in [0.15, 0.2) is 0 Å². The highest BCUT2D eigenvalue weighted by atomic mass is 79.9. The van der Waals surface area contributed by atoms with Crippen molar-refractivity contribution in [1.82, 2.24) is 9.13 Å². The van der Waals surface area contributed by atoms with Gasteiger partial charge in [-0.25, -0.2) is 0 Å². The number of hydrogen-bond acceptors (Lipinski definition) is 0. The first kappa shape index (κ1) is 20.8. The number of nitrogens with zero attached hydrogens (tertiary/aromatic N) is 2. The first-order chi connectivity index (χ1) is 16.7. The van der Waals surface area contributed by atoms with E-state index < -0.39 is 0 Å². The first-order valence-corrected chi connectivity index (χ1v) is 12.2. The standard InChI is InChI=1S/C31H23BrN2/c1-3-11-28-24(4-2)25-12-5-8-15-29(25)33(28)22-18-21(32)19-23(20-22)34-30-16-9-6-13-26(30)27-14-7-10-17-31(27)34/h3-20H,2H2,1H3/b11-3-. The van der Waals surface area contributed by atoms with Crippen molar-refractivity contribution in [3.8, 4) is 11.4 Å². The maximum Gasteiger partial charge on any atom is 0.0541 e. The van der Waals surface area contributed by atoms with Gasteiger partial charge in [0, 0.05) is 37.6 Å². The van der Waals surface area contributed by atoms with Crippen LogP contribution in [-0.2, 0) is 0 Å². The molecular formula is C31H23BrN2. The summed E-state index contributed by atoms with van der Waals surface area (Å²) in [6.45, 7) is 6.17. The Labute approximate surface area is 207 Å². The van der Waals surface area contributed by atoms with Crippen LogP contribution >= 0.6 is 15.9 Å². The van der Waals surface area contributed by atoms with Crippen LogP contribution in [0.25, 0.3) is 56.2 Å². The second kappa shape index (κ2) is 8.19. The van der Waals surface area contributed by atoms with E-state index in [0.717, 1.165) is 32.6 Å². The van der Waals surface area contributed by atoms with Crippen LogP contribution in [0, 0.1) is 0 Å². The Bertz CT molecular complexity index is 1690. The maximum atomic E-state index is 4.11. The van der Waals surface area contributed by atoms with Crippen LogP contribution in [0.15, 0.2) is 108 Å². The van der Waals surface area contributed by atoms with Crippen molar-refractivity contribution in [2.45, 2.75) is 6.92 Å². The zero-order valence-electron chi connectivity index (χ0n) is 18.9. The van der Waals surface area contributed by atoms with E-state index in [0.29, 0.717) is 0 Å². The third-order valence-electron chi connectivity index (χ3n) is 6.44. The fraction of sp³-hybridized carbons (Fsp3) is 0.0323. The molecule has 0 saturated heterocycles. The molecule has 0 radical (unpaired) electrons. The third-order valence-corrected chi connectivity index (χ3v) is 6.90. The van der Waals surface area contributed by atoms with Crippen LogP contribution in [0.2, 0.25) is 0 Å². The van der Waals surface area contributed by atoms with Gasteiger partial charge in [-0.2, -0.15) is 0 Å². The summed E-state index contributed by atoms with van der Waals surface area (Å²) < 4.78 is 5.72. The Kier molecular flexibility index (Phi) is 5.00. The summed E-state index contributed by atoms with van der Waals surface area (Å²) in [5, 5.41) is 3.72. The fourth-order valence-electron chi connectivity index (χ4n) is 5.12. The van der Waals surface area contributed by atoms with Crippen molar-refractivity contribution >= 4 is 60.8 Å². The van der Waals surface area contributed by atoms with Crippen LogP contribution < -0.4 is 0 Å². The average Bonchev–Trinajstić information content (AvgIpc) is 3.36. The molecule has 0 N–H and O–H groups in total. The summed E-state index contributed by atoms with van der Waals surface area (Å²) in [5.41, 5.74) is 8.06. The average molecular weight is 503 g/mol. The summed E-state index contributed by atoms with van der Waals surface area (Å²) in [7, 11) is 0. The number of rotatable bonds is 4. The van der Waals surface area contributed by atoms with Gasteiger partial charge in [0.2, 0.25) is 0 Å². The zero-order valence-corrected chi connectivity index (χ0v) is 20.5. The third kappa shape index (κ3) is 3.08. The van der Waals surface area contributed by atoms with E-state index in [1.54, 1.807) is 0 Å². The van der Waals surface area contributed by atoms with Crippen LogP contribution in [0.3, 0.4) is 0 Å². The number of aromatic nitrogens is 2. The molecule has 0 unspecified atom stereocenters. The van der Waals surface area contributed by atoms with Gasteiger partial charge in [-0.3, -0.25) is 0 Å². The minimum absolute atomic E-state index is 1.03. The van der Waals surface area contributed by atoms with E-state index in [1.165, 1.54) is 27.2 Å². The molecule has 0 aliphatic carbocycles. The smallest absolute Gasteiger partial charge is 0.0541 e. The molecule has 0 bridgehead atoms. The second-order valence-electron chi connectivity index (χ2n) is 8.39. The quantitative estimate of drug-likeness (QED) is 0.227. The Morgan fingerprint density at radius 1 is 0.676 bits per heavy atom. The summed E-state index contributed by atoms with van der Waals surface area (Å²) in [4.78, 5) is 0. The number of allylic oxidation sites excluding steroid dienone is 1. The van der Waals surface area contributed by atoms with Crippen LogP contribution in [-0.4, -0.2) is 9.13 Å². The van der Waals surface area contributed by atoms with E-state index in [1.807, 2.05) is 6.08 Å². The Balaban J connectivity index is 1.70. The lowest BCUT2D eigenvalue weighted by molar-refractivity contribution is 1.08. The van der Waals surface area contributed by atoms with Gasteiger partial charge in [-0.1, -0.05) is 89.3 Å². The molecule has 0 fully saturated rings. The predicted molar refractivity (Wildman–Crippen MR) is 150 cm³/mol. The zero-order chi connectivity index (χ0) is 23.2. The van der Waals surface area contributed by atoms with E-state index in [2.05, 4.69) is 142 Å². The molecule has 2 nitrogen and oxygen atoms in total. The number of benzene rings is 4. The van der Waals surface area contributed by atoms with Crippen LogP contribution in [0.1, 0.15) is 18.2 Å². The van der Waals surface area contributed by atoms with Gasteiger partial charge >= 0.3 is 0 Å². The summed E-state index contributed by atoms with van der Waals surface area (Å²) >= 11 is 3.81. The van der Waals surface area contributed by atoms with E-state index in [9.17, 15) is 0 Å². The number of para-hydroxylation sites is 3. The number of hydrogen-bond donors (Lipinski definition) is 0. The Hall–Kier alpha value is -3.82. The van der Waals surface area contributed by atoms with E-state index >= 15 is 0 Å². The highest BCUT2D eigenvalue weighted by Crippen LogP contribution is 2.36. The molecule has 34 heavy (non-hydrogen) atoms. The van der Waals surface area contributed by atoms with E-state index in [4.69, 9.17) is 0 Å². The predicted octanol–water partition coefficient (Wildman–Crippen LogP) is 9.17. The van der Waals surface area contributed by atoms with Gasteiger partial charge in [-0.05, 0) is 49.4 Å². The van der Waals surface area contributed by atoms with Crippen molar-refractivity contribution in [2.24, 2.45) is 0 Å². The summed E-state index contributed by atoms with van der Waals surface area (Å²) in [6.07, 6.45) is 6.21. The molecule has 164 valence electrons. The molecule has 4 aromatic carbocycles. The molecule has 0 amide bonds. The van der Waals surface area contributed by atoms with Crippen molar-refractivity contribution in [3.05, 3.63) is 119 Å². The van der Waals surface area contributed by atoms with Gasteiger partial charge in [0.1, 0.15) is 0 Å². The highest BCUT2D eigenvalue weighted by molar-refractivity contribution is 9.10. The van der Waals surface area contributed by atoms with Gasteiger partial charge in [-0.15, -0.1) is 0 Å². The van der Waals surface area contributed by atoms with Gasteiger partial charge < -0.3 is 9.13 Å². The topological polar surface area (TPSA) is 9.86 Å². The maximum absolute atomic E-state index is 4.11. The van der Waals surface area contributed by atoms with Crippen LogP contribution in [0.5, 0.6) is 0 Å². The summed E-state index contributed by atoms with van der Waals surface area (Å²) in [6, 6.07) is 32.4. The molecule has 0 saturated carbocycles. The molecule has 2 heterocycles. The van der Waals surface area contributed by atoms with Crippen molar-refractivity contribution in [3.63, 3.8) is 0 Å². The molecular weight excluding hydrogens is 480 g/mol. The molecule has 0 atom stereocenters. The molecule has 3 heteroatoms. The van der Waals surface area contributed by atoms with Gasteiger partial charge in [0.25, 0.3) is 0 Å². The van der Waals surface area contributed by atoms with Crippen molar-refractivity contribution < 1.29 is 0 Å². The second-order valence-corrected chi connectivity index (χ2v) is 9.31. The fourth-order valence-corrected chi connectivity index (χ4v) is 5.59. The van der Waals surface area contributed by atoms with Crippen molar-refractivity contribution in [1.29, 1.82) is 0 Å². The minimum Gasteiger partial charge on any atom is -0.309 e. The Morgan fingerprint density at radius 3 is 1.74 bits per heavy atom. The number of fused-ring (bicyclic) bond motifs is 4. The molecule has 0 aliphatic rings. The molecule has 0 spiro atoms. The number of halogens is 1. The molecule has 6 aromatic rings. The normalized spacial score (nSPS) is 11.8. The minimum atomic E-state index is 1.03. The lowest BCUT2D eigenvalue weighted by Crippen LogP contribution is -2.01. The molecule has 6 rings (SSSR count). The highest BCUT2D eigenvalue weighted by Gasteiger charge is 2.17. The van der Waals surface area contributed by atoms with Crippen LogP contribution in [0.4, 0.5) is 0 Å². The SMILES string of the molecule is C=Cc1c(/C=C\C)n(-c2cc(Br)cc(-n3c4ccccc4c4ccccc43)c2)c2ccccc12. The first-order valence-electron chi connectivity index (χ1n) is 11.4. The largest absolute Gasteiger partial charge is 0.309 e. The molecule has 0 aliphatic heterocycles.